The summed E-state index contributed by atoms with van der Waals surface area (Å²) in [7, 11) is 0. The van der Waals surface area contributed by atoms with E-state index in [0.717, 1.165) is 22.6 Å². The van der Waals surface area contributed by atoms with Crippen LogP contribution in [-0.4, -0.2) is 17.9 Å². The lowest BCUT2D eigenvalue weighted by atomic mass is 9.79. The van der Waals surface area contributed by atoms with Crippen LogP contribution in [0.3, 0.4) is 0 Å². The Kier molecular flexibility index (Phi) is 2.73. The van der Waals surface area contributed by atoms with E-state index < -0.39 is 11.4 Å². The van der Waals surface area contributed by atoms with Crippen LogP contribution in [0.15, 0.2) is 12.1 Å². The zero-order valence-corrected chi connectivity index (χ0v) is 10.2. The van der Waals surface area contributed by atoms with E-state index in [0.29, 0.717) is 0 Å². The van der Waals surface area contributed by atoms with E-state index >= 15 is 0 Å². The number of hydrogen-bond donors (Lipinski definition) is 1. The molecule has 0 saturated heterocycles. The standard InChI is InChI=1S/C13H16O4/c1-8-9(13(2,3)6-11(14)15)4-5-10-12(8)17-7-16-10/h4-5H,6-7H2,1-3H3,(H,14,15). The molecule has 0 radical (unpaired) electrons. The molecular weight excluding hydrogens is 220 g/mol. The van der Waals surface area contributed by atoms with Crippen molar-refractivity contribution in [1.82, 2.24) is 0 Å². The lowest BCUT2D eigenvalue weighted by Crippen LogP contribution is -2.22. The van der Waals surface area contributed by atoms with Crippen LogP contribution in [0.25, 0.3) is 0 Å². The van der Waals surface area contributed by atoms with Crippen molar-refractivity contribution in [1.29, 1.82) is 0 Å². The largest absolute Gasteiger partial charge is 0.481 e. The molecule has 17 heavy (non-hydrogen) atoms. The zero-order valence-electron chi connectivity index (χ0n) is 10.2. The molecule has 0 atom stereocenters. The second-order valence-corrected chi connectivity index (χ2v) is 4.93. The molecule has 4 nitrogen and oxygen atoms in total. The normalized spacial score (nSPS) is 13.8. The predicted molar refractivity (Wildman–Crippen MR) is 62.6 cm³/mol. The van der Waals surface area contributed by atoms with E-state index in [2.05, 4.69) is 0 Å². The van der Waals surface area contributed by atoms with Crippen molar-refractivity contribution in [2.45, 2.75) is 32.6 Å². The molecule has 1 aromatic rings. The smallest absolute Gasteiger partial charge is 0.304 e. The monoisotopic (exact) mass is 236 g/mol. The van der Waals surface area contributed by atoms with Crippen LogP contribution in [0.5, 0.6) is 11.5 Å². The molecule has 0 amide bonds. The van der Waals surface area contributed by atoms with Gasteiger partial charge in [-0.25, -0.2) is 0 Å². The van der Waals surface area contributed by atoms with Crippen LogP contribution in [0, 0.1) is 6.92 Å². The summed E-state index contributed by atoms with van der Waals surface area (Å²) in [6.07, 6.45) is 0.0908. The summed E-state index contributed by atoms with van der Waals surface area (Å²) >= 11 is 0. The van der Waals surface area contributed by atoms with Crippen LogP contribution < -0.4 is 9.47 Å². The van der Waals surface area contributed by atoms with Crippen LogP contribution in [-0.2, 0) is 10.2 Å². The highest BCUT2D eigenvalue weighted by atomic mass is 16.7. The van der Waals surface area contributed by atoms with Crippen LogP contribution in [0.4, 0.5) is 0 Å². The molecule has 0 bridgehead atoms. The maximum atomic E-state index is 10.9. The fraction of sp³-hybridized carbons (Fsp3) is 0.462. The number of carboxylic acid groups (broad SMARTS) is 1. The maximum Gasteiger partial charge on any atom is 0.304 e. The second-order valence-electron chi connectivity index (χ2n) is 4.93. The maximum absolute atomic E-state index is 10.9. The Morgan fingerprint density at radius 1 is 1.41 bits per heavy atom. The van der Waals surface area contributed by atoms with Gasteiger partial charge in [-0.15, -0.1) is 0 Å². The van der Waals surface area contributed by atoms with E-state index in [9.17, 15) is 4.79 Å². The van der Waals surface area contributed by atoms with Gasteiger partial charge in [-0.3, -0.25) is 4.79 Å². The van der Waals surface area contributed by atoms with Crippen molar-refractivity contribution in [2.75, 3.05) is 6.79 Å². The van der Waals surface area contributed by atoms with Crippen molar-refractivity contribution in [3.63, 3.8) is 0 Å². The molecule has 1 aliphatic heterocycles. The third-order valence-corrected chi connectivity index (χ3v) is 3.11. The van der Waals surface area contributed by atoms with Gasteiger partial charge in [-0.2, -0.15) is 0 Å². The highest BCUT2D eigenvalue weighted by molar-refractivity contribution is 5.69. The minimum Gasteiger partial charge on any atom is -0.481 e. The van der Waals surface area contributed by atoms with Gasteiger partial charge in [0, 0.05) is 5.41 Å². The van der Waals surface area contributed by atoms with Gasteiger partial charge in [0.1, 0.15) is 0 Å². The number of rotatable bonds is 3. The molecule has 4 heteroatoms. The number of carboxylic acids is 1. The molecular formula is C13H16O4. The Balaban J connectivity index is 2.43. The Hall–Kier alpha value is -1.71. The molecule has 1 heterocycles. The average molecular weight is 236 g/mol. The summed E-state index contributed by atoms with van der Waals surface area (Å²) in [6, 6.07) is 3.76. The average Bonchev–Trinajstić information content (AvgIpc) is 2.64. The number of carbonyl (C=O) groups is 1. The minimum absolute atomic E-state index is 0.0908. The lowest BCUT2D eigenvalue weighted by molar-refractivity contribution is -0.138. The highest BCUT2D eigenvalue weighted by Gasteiger charge is 2.29. The minimum atomic E-state index is -0.799. The number of hydrogen-bond acceptors (Lipinski definition) is 3. The molecule has 1 aromatic carbocycles. The molecule has 0 spiro atoms. The summed E-state index contributed by atoms with van der Waals surface area (Å²) in [6.45, 7) is 6.02. The van der Waals surface area contributed by atoms with E-state index in [1.54, 1.807) is 0 Å². The van der Waals surface area contributed by atoms with E-state index in [1.165, 1.54) is 0 Å². The first-order valence-corrected chi connectivity index (χ1v) is 5.53. The van der Waals surface area contributed by atoms with Crippen molar-refractivity contribution in [3.8, 4) is 11.5 Å². The molecule has 92 valence electrons. The Bertz CT molecular complexity index is 463. The van der Waals surface area contributed by atoms with Gasteiger partial charge < -0.3 is 14.6 Å². The second kappa shape index (κ2) is 3.95. The SMILES string of the molecule is Cc1c(C(C)(C)CC(=O)O)ccc2c1OCO2. The first-order valence-electron chi connectivity index (χ1n) is 5.53. The van der Waals surface area contributed by atoms with Crippen LogP contribution >= 0.6 is 0 Å². The summed E-state index contributed by atoms with van der Waals surface area (Å²) in [5, 5.41) is 8.94. The van der Waals surface area contributed by atoms with Gasteiger partial charge >= 0.3 is 5.97 Å². The summed E-state index contributed by atoms with van der Waals surface area (Å²) in [5.41, 5.74) is 1.53. The zero-order chi connectivity index (χ0) is 12.6. The third-order valence-electron chi connectivity index (χ3n) is 3.11. The fourth-order valence-corrected chi connectivity index (χ4v) is 2.32. The fourth-order valence-electron chi connectivity index (χ4n) is 2.32. The molecule has 0 aromatic heterocycles. The van der Waals surface area contributed by atoms with Crippen molar-refractivity contribution in [2.24, 2.45) is 0 Å². The molecule has 2 rings (SSSR count). The van der Waals surface area contributed by atoms with Crippen LogP contribution in [0.1, 0.15) is 31.4 Å². The van der Waals surface area contributed by atoms with E-state index in [4.69, 9.17) is 14.6 Å². The van der Waals surface area contributed by atoms with Gasteiger partial charge in [0.2, 0.25) is 6.79 Å². The topological polar surface area (TPSA) is 55.8 Å². The predicted octanol–water partition coefficient (Wildman–Crippen LogP) is 2.48. The first kappa shape index (κ1) is 11.8. The van der Waals surface area contributed by atoms with Gasteiger partial charge in [0.15, 0.2) is 11.5 Å². The molecule has 1 N–H and O–H groups in total. The molecule has 1 aliphatic rings. The van der Waals surface area contributed by atoms with E-state index in [1.807, 2.05) is 32.9 Å². The van der Waals surface area contributed by atoms with Gasteiger partial charge in [-0.1, -0.05) is 19.9 Å². The first-order chi connectivity index (χ1) is 7.92. The van der Waals surface area contributed by atoms with Crippen LogP contribution in [0.2, 0.25) is 0 Å². The lowest BCUT2D eigenvalue weighted by Gasteiger charge is -2.25. The van der Waals surface area contributed by atoms with Gasteiger partial charge in [-0.05, 0) is 24.1 Å². The summed E-state index contributed by atoms with van der Waals surface area (Å²) in [4.78, 5) is 10.9. The number of benzene rings is 1. The third kappa shape index (κ3) is 2.07. The number of aliphatic carboxylic acids is 1. The highest BCUT2D eigenvalue weighted by Crippen LogP contribution is 2.41. The van der Waals surface area contributed by atoms with Crippen molar-refractivity contribution >= 4 is 5.97 Å². The Morgan fingerprint density at radius 3 is 2.76 bits per heavy atom. The Morgan fingerprint density at radius 2 is 2.12 bits per heavy atom. The van der Waals surface area contributed by atoms with Gasteiger partial charge in [0.25, 0.3) is 0 Å². The Labute approximate surface area is 100 Å². The molecule has 0 unspecified atom stereocenters. The molecule has 0 aliphatic carbocycles. The molecule has 0 fully saturated rings. The summed E-state index contributed by atoms with van der Waals surface area (Å²) in [5.74, 6) is 0.672. The van der Waals surface area contributed by atoms with Crippen molar-refractivity contribution < 1.29 is 19.4 Å². The van der Waals surface area contributed by atoms with Crippen molar-refractivity contribution in [3.05, 3.63) is 23.3 Å². The number of ether oxygens (including phenoxy) is 2. The number of fused-ring (bicyclic) bond motifs is 1. The molecule has 0 saturated carbocycles. The summed E-state index contributed by atoms with van der Waals surface area (Å²) < 4.78 is 10.7. The van der Waals surface area contributed by atoms with Gasteiger partial charge in [0.05, 0.1) is 6.42 Å². The quantitative estimate of drug-likeness (QED) is 0.875. The van der Waals surface area contributed by atoms with E-state index in [-0.39, 0.29) is 13.2 Å².